The third kappa shape index (κ3) is 7.89. The number of rotatable bonds is 4. The molecular weight excluding hydrogens is 508 g/mol. The van der Waals surface area contributed by atoms with Crippen LogP contribution in [0.5, 0.6) is 0 Å². The van der Waals surface area contributed by atoms with Crippen LogP contribution in [-0.4, -0.2) is 19.2 Å². The molecular formula is C24H18Cl2CrFNO4. The third-order valence-electron chi connectivity index (χ3n) is 4.38. The van der Waals surface area contributed by atoms with Crippen LogP contribution in [0.1, 0.15) is 16.7 Å². The molecule has 5 nitrogen and oxygen atoms in total. The van der Waals surface area contributed by atoms with Gasteiger partial charge in [0, 0.05) is 58.3 Å². The van der Waals surface area contributed by atoms with Gasteiger partial charge in [-0.3, -0.25) is 0 Å². The molecule has 0 amide bonds. The van der Waals surface area contributed by atoms with Gasteiger partial charge in [0.2, 0.25) is 0 Å². The number of anilines is 1. The normalized spacial score (nSPS) is 10.7. The first kappa shape index (κ1) is 32.9. The molecule has 33 heavy (non-hydrogen) atoms. The fraction of sp³-hybridized carbons (Fsp3) is 0.125. The fourth-order valence-corrected chi connectivity index (χ4v) is 3.37. The summed E-state index contributed by atoms with van der Waals surface area (Å²) in [5, 5.41) is 12.7. The minimum atomic E-state index is -1.76. The second-order valence-electron chi connectivity index (χ2n) is 6.26. The minimum absolute atomic E-state index is 0. The third-order valence-corrected chi connectivity index (χ3v) is 4.96. The van der Waals surface area contributed by atoms with Crippen molar-refractivity contribution in [2.45, 2.75) is 5.60 Å². The van der Waals surface area contributed by atoms with Gasteiger partial charge in [0.15, 0.2) is 0 Å². The Balaban J connectivity index is 0. The fourth-order valence-electron chi connectivity index (χ4n) is 2.97. The summed E-state index contributed by atoms with van der Waals surface area (Å²) in [6.45, 7) is 13.5. The van der Waals surface area contributed by atoms with Crippen LogP contribution >= 0.6 is 23.2 Å². The van der Waals surface area contributed by atoms with E-state index in [1.807, 2.05) is 19.0 Å². The molecule has 0 radical (unpaired) electrons. The van der Waals surface area contributed by atoms with Crippen molar-refractivity contribution in [2.24, 2.45) is 0 Å². The van der Waals surface area contributed by atoms with Crippen molar-refractivity contribution >= 4 is 28.9 Å². The van der Waals surface area contributed by atoms with E-state index in [2.05, 4.69) is 20.0 Å². The van der Waals surface area contributed by atoms with Gasteiger partial charge in [-0.05, 0) is 42.0 Å². The molecule has 0 bridgehead atoms. The summed E-state index contributed by atoms with van der Waals surface area (Å²) in [6.07, 6.45) is 0. The second-order valence-corrected chi connectivity index (χ2v) is 7.10. The first-order chi connectivity index (χ1) is 15.3. The molecule has 0 saturated heterocycles. The summed E-state index contributed by atoms with van der Waals surface area (Å²) >= 11 is 12.4. The molecule has 1 unspecified atom stereocenters. The van der Waals surface area contributed by atoms with Crippen LogP contribution in [0.2, 0.25) is 10.0 Å². The molecule has 170 valence electrons. The zero-order valence-electron chi connectivity index (χ0n) is 17.5. The number of halogens is 3. The first-order valence-corrected chi connectivity index (χ1v) is 9.41. The standard InChI is InChI=1S/C21H18Cl2FNO.3CO.Cr/c1-25(2)16-11-12-20(24)18(13-16)21(26,14-7-9-15(22)10-8-14)17-5-3-4-6-19(17)23;3*1-2;/h3-13,26H,1-2H3;;;;. The summed E-state index contributed by atoms with van der Waals surface area (Å²) in [5.74, 6) is -0.520. The van der Waals surface area contributed by atoms with Gasteiger partial charge < -0.3 is 10.0 Å². The van der Waals surface area contributed by atoms with Crippen molar-refractivity contribution in [3.63, 3.8) is 0 Å². The smallest absolute Gasteiger partial charge is 0 e. The van der Waals surface area contributed by atoms with Crippen molar-refractivity contribution in [1.82, 2.24) is 0 Å². The van der Waals surface area contributed by atoms with Gasteiger partial charge in [0.05, 0.1) is 0 Å². The summed E-state index contributed by atoms with van der Waals surface area (Å²) in [7, 11) is 3.71. The van der Waals surface area contributed by atoms with E-state index in [9.17, 15) is 9.50 Å². The Hall–Kier alpha value is -2.32. The van der Waals surface area contributed by atoms with Crippen molar-refractivity contribution in [3.05, 3.63) is 119 Å². The first-order valence-electron chi connectivity index (χ1n) is 8.66. The molecule has 3 aromatic rings. The van der Waals surface area contributed by atoms with Gasteiger partial charge in [-0.25, -0.2) is 4.39 Å². The molecule has 0 saturated carbocycles. The number of nitrogens with zero attached hydrogens (tertiary/aromatic N) is 1. The summed E-state index contributed by atoms with van der Waals surface area (Å²) in [5.41, 5.74) is 0.00234. The molecule has 3 aromatic carbocycles. The van der Waals surface area contributed by atoms with Crippen molar-refractivity contribution in [2.75, 3.05) is 19.0 Å². The van der Waals surface area contributed by atoms with Crippen LogP contribution < -0.4 is 4.90 Å². The molecule has 3 rings (SSSR count). The Morgan fingerprint density at radius 2 is 1.33 bits per heavy atom. The zero-order valence-corrected chi connectivity index (χ0v) is 20.3. The van der Waals surface area contributed by atoms with E-state index in [0.29, 0.717) is 21.2 Å². The molecule has 0 aliphatic heterocycles. The quantitative estimate of drug-likeness (QED) is 0.282. The van der Waals surface area contributed by atoms with Gasteiger partial charge in [0.25, 0.3) is 0 Å². The molecule has 0 aliphatic rings. The SMILES string of the molecule is CN(C)c1ccc(F)c(C(O)(c2ccc(Cl)cc2)c2ccccc2Cl)c1.[C-]#[O+].[C-]#[O+].[C-]#[O+].[Cr]. The maximum atomic E-state index is 14.9. The number of hydrogen-bond donors (Lipinski definition) is 1. The van der Waals surface area contributed by atoms with Crippen LogP contribution in [-0.2, 0) is 36.9 Å². The van der Waals surface area contributed by atoms with Crippen molar-refractivity contribution in [3.8, 4) is 0 Å². The Kier molecular flexibility index (Phi) is 16.2. The average molecular weight is 526 g/mol. The summed E-state index contributed by atoms with van der Waals surface area (Å²) in [6, 6.07) is 18.2. The maximum absolute atomic E-state index is 14.9. The van der Waals surface area contributed by atoms with Gasteiger partial charge >= 0.3 is 33.9 Å². The van der Waals surface area contributed by atoms with E-state index >= 15 is 0 Å². The predicted molar refractivity (Wildman–Crippen MR) is 118 cm³/mol. The van der Waals surface area contributed by atoms with E-state index in [1.54, 1.807) is 60.7 Å². The van der Waals surface area contributed by atoms with E-state index in [0.717, 1.165) is 5.69 Å². The predicted octanol–water partition coefficient (Wildman–Crippen LogP) is 5.37. The monoisotopic (exact) mass is 525 g/mol. The van der Waals surface area contributed by atoms with Crippen LogP contribution in [0, 0.1) is 25.8 Å². The summed E-state index contributed by atoms with van der Waals surface area (Å²) in [4.78, 5) is 1.85. The average Bonchev–Trinajstić information content (AvgIpc) is 2.83. The van der Waals surface area contributed by atoms with Crippen molar-refractivity contribution in [1.29, 1.82) is 0 Å². The van der Waals surface area contributed by atoms with Crippen LogP contribution in [0.15, 0.2) is 66.7 Å². The van der Waals surface area contributed by atoms with Gasteiger partial charge in [0.1, 0.15) is 11.4 Å². The molecule has 1 N–H and O–H groups in total. The molecule has 0 aliphatic carbocycles. The Morgan fingerprint density at radius 3 is 1.82 bits per heavy atom. The molecule has 1 atom stereocenters. The number of aliphatic hydroxyl groups is 1. The van der Waals surface area contributed by atoms with Crippen molar-refractivity contribution < 1.29 is 40.8 Å². The summed E-state index contributed by atoms with van der Waals surface area (Å²) < 4.78 is 37.4. The molecule has 0 fully saturated rings. The van der Waals surface area contributed by atoms with Gasteiger partial charge in [-0.2, -0.15) is 0 Å². The number of benzene rings is 3. The maximum Gasteiger partial charge on any atom is 0 e. The molecule has 0 aromatic heterocycles. The second kappa shape index (κ2) is 16.3. The Morgan fingerprint density at radius 1 is 0.818 bits per heavy atom. The van der Waals surface area contributed by atoms with E-state index < -0.39 is 11.4 Å². The van der Waals surface area contributed by atoms with Crippen LogP contribution in [0.25, 0.3) is 0 Å². The minimum Gasteiger partial charge on any atom is 0 e. The van der Waals surface area contributed by atoms with E-state index in [1.165, 1.54) is 6.07 Å². The Labute approximate surface area is 213 Å². The number of hydrogen-bond acceptors (Lipinski definition) is 2. The molecule has 9 heteroatoms. The topological polar surface area (TPSA) is 83.2 Å². The van der Waals surface area contributed by atoms with Crippen LogP contribution in [0.3, 0.4) is 0 Å². The largest absolute Gasteiger partial charge is 0 e. The Bertz CT molecular complexity index is 1060. The van der Waals surface area contributed by atoms with E-state index in [4.69, 9.17) is 37.2 Å². The van der Waals surface area contributed by atoms with Gasteiger partial charge in [-0.15, -0.1) is 0 Å². The molecule has 0 heterocycles. The molecule has 0 spiro atoms. The zero-order chi connectivity index (χ0) is 24.9. The van der Waals surface area contributed by atoms with E-state index in [-0.39, 0.29) is 22.9 Å². The van der Waals surface area contributed by atoms with Gasteiger partial charge in [-0.1, -0.05) is 53.5 Å². The van der Waals surface area contributed by atoms with Crippen LogP contribution in [0.4, 0.5) is 10.1 Å².